The largest absolute Gasteiger partial charge is 0.416 e. The third-order valence-electron chi connectivity index (χ3n) is 4.82. The number of nitrogens with one attached hydrogen (secondary N) is 1. The monoisotopic (exact) mass is 400 g/mol. The van der Waals surface area contributed by atoms with Crippen LogP contribution in [0.15, 0.2) is 24.3 Å². The van der Waals surface area contributed by atoms with Crippen LogP contribution in [0, 0.1) is 5.92 Å². The van der Waals surface area contributed by atoms with Crippen LogP contribution < -0.4 is 5.32 Å². The minimum absolute atomic E-state index is 0.0533. The highest BCUT2D eigenvalue weighted by atomic mass is 35.5. The number of hydrogen-bond donors (Lipinski definition) is 1. The van der Waals surface area contributed by atoms with Crippen molar-refractivity contribution in [1.82, 2.24) is 10.2 Å². The van der Waals surface area contributed by atoms with Crippen LogP contribution in [0.25, 0.3) is 6.08 Å². The van der Waals surface area contributed by atoms with Gasteiger partial charge in [0.2, 0.25) is 11.8 Å². The molecule has 4 nitrogen and oxygen atoms in total. The Morgan fingerprint density at radius 3 is 2.41 bits per heavy atom. The Morgan fingerprint density at radius 1 is 1.15 bits per heavy atom. The number of hydrogen-bond acceptors (Lipinski definition) is 2. The molecule has 0 atom stereocenters. The molecule has 0 radical (unpaired) electrons. The van der Waals surface area contributed by atoms with Crippen LogP contribution in [-0.4, -0.2) is 35.8 Å². The Labute approximate surface area is 160 Å². The van der Waals surface area contributed by atoms with Crippen LogP contribution >= 0.6 is 11.6 Å². The second-order valence-corrected chi connectivity index (χ2v) is 7.36. The molecule has 2 aliphatic rings. The number of rotatable bonds is 4. The highest BCUT2D eigenvalue weighted by Crippen LogP contribution is 2.33. The van der Waals surface area contributed by atoms with Gasteiger partial charge in [0.25, 0.3) is 0 Å². The summed E-state index contributed by atoms with van der Waals surface area (Å²) in [6.07, 6.45) is 1.27. The third kappa shape index (κ3) is 5.25. The summed E-state index contributed by atoms with van der Waals surface area (Å²) in [5, 5.41) is 2.97. The van der Waals surface area contributed by atoms with Crippen molar-refractivity contribution in [3.8, 4) is 0 Å². The van der Waals surface area contributed by atoms with Gasteiger partial charge in [-0.2, -0.15) is 13.2 Å². The first-order valence-electron chi connectivity index (χ1n) is 8.88. The average Bonchev–Trinajstić information content (AvgIpc) is 3.45. The maximum atomic E-state index is 12.8. The molecule has 2 fully saturated rings. The maximum Gasteiger partial charge on any atom is 0.416 e. The van der Waals surface area contributed by atoms with E-state index in [0.29, 0.717) is 25.9 Å². The summed E-state index contributed by atoms with van der Waals surface area (Å²) in [7, 11) is 0. The van der Waals surface area contributed by atoms with Gasteiger partial charge in [0.15, 0.2) is 0 Å². The number of likely N-dealkylation sites (tertiary alicyclic amines) is 1. The Hall–Kier alpha value is -2.02. The summed E-state index contributed by atoms with van der Waals surface area (Å²) >= 11 is 5.91. The highest BCUT2D eigenvalue weighted by molar-refractivity contribution is 6.32. The van der Waals surface area contributed by atoms with Crippen LogP contribution in [-0.2, 0) is 15.8 Å². The zero-order chi connectivity index (χ0) is 19.6. The molecule has 27 heavy (non-hydrogen) atoms. The van der Waals surface area contributed by atoms with Crippen molar-refractivity contribution in [3.05, 3.63) is 40.4 Å². The topological polar surface area (TPSA) is 49.4 Å². The molecule has 2 amide bonds. The van der Waals surface area contributed by atoms with Crippen LogP contribution in [0.5, 0.6) is 0 Å². The Balaban J connectivity index is 1.53. The van der Waals surface area contributed by atoms with E-state index in [0.717, 1.165) is 31.0 Å². The normalized spacial score (nSPS) is 18.7. The summed E-state index contributed by atoms with van der Waals surface area (Å²) < 4.78 is 38.3. The zero-order valence-electron chi connectivity index (χ0n) is 14.6. The number of benzene rings is 1. The van der Waals surface area contributed by atoms with E-state index in [1.54, 1.807) is 0 Å². The van der Waals surface area contributed by atoms with Crippen LogP contribution in [0.1, 0.15) is 36.8 Å². The number of carbonyl (C=O) groups excluding carboxylic acids is 2. The van der Waals surface area contributed by atoms with E-state index in [-0.39, 0.29) is 28.5 Å². The molecule has 1 aromatic rings. The molecule has 0 bridgehead atoms. The molecular weight excluding hydrogens is 381 g/mol. The van der Waals surface area contributed by atoms with Gasteiger partial charge in [0.05, 0.1) is 5.56 Å². The second kappa shape index (κ2) is 7.92. The molecule has 1 aliphatic heterocycles. The predicted octanol–water partition coefficient (Wildman–Crippen LogP) is 3.89. The fourth-order valence-electron chi connectivity index (χ4n) is 3.10. The standard InChI is InChI=1S/C19H20ClF3N2O2/c20-16-5-4-14(19(21,22)23)11-13(16)3-6-17(26)24-15-7-9-25(10-8-15)18(27)12-1-2-12/h3-6,11-12,15H,1-2,7-10H2,(H,24,26)/b6-3+. The van der Waals surface area contributed by atoms with Crippen molar-refractivity contribution >= 4 is 29.5 Å². The fourth-order valence-corrected chi connectivity index (χ4v) is 3.28. The van der Waals surface area contributed by atoms with Crippen molar-refractivity contribution in [3.63, 3.8) is 0 Å². The molecule has 1 saturated carbocycles. The number of halogens is 4. The molecule has 1 saturated heterocycles. The Kier molecular flexibility index (Phi) is 5.79. The molecule has 1 aliphatic carbocycles. The summed E-state index contributed by atoms with van der Waals surface area (Å²) in [4.78, 5) is 25.9. The van der Waals surface area contributed by atoms with Gasteiger partial charge in [-0.3, -0.25) is 9.59 Å². The van der Waals surface area contributed by atoms with E-state index in [1.165, 1.54) is 12.2 Å². The summed E-state index contributed by atoms with van der Waals surface area (Å²) in [5.74, 6) is 0.00518. The lowest BCUT2D eigenvalue weighted by atomic mass is 10.0. The van der Waals surface area contributed by atoms with Gasteiger partial charge in [-0.15, -0.1) is 0 Å². The van der Waals surface area contributed by atoms with E-state index in [9.17, 15) is 22.8 Å². The van der Waals surface area contributed by atoms with E-state index < -0.39 is 17.6 Å². The minimum Gasteiger partial charge on any atom is -0.350 e. The van der Waals surface area contributed by atoms with Gasteiger partial charge >= 0.3 is 6.18 Å². The molecule has 0 spiro atoms. The first kappa shape index (κ1) is 19.7. The Bertz CT molecular complexity index is 752. The fraction of sp³-hybridized carbons (Fsp3) is 0.474. The number of alkyl halides is 3. The van der Waals surface area contributed by atoms with E-state index in [4.69, 9.17) is 11.6 Å². The lowest BCUT2D eigenvalue weighted by Crippen LogP contribution is -2.46. The molecule has 0 aromatic heterocycles. The zero-order valence-corrected chi connectivity index (χ0v) is 15.3. The highest BCUT2D eigenvalue weighted by Gasteiger charge is 2.35. The molecule has 1 N–H and O–H groups in total. The summed E-state index contributed by atoms with van der Waals surface area (Å²) in [6.45, 7) is 1.23. The molecule has 1 heterocycles. The number of carbonyl (C=O) groups is 2. The third-order valence-corrected chi connectivity index (χ3v) is 5.16. The van der Waals surface area contributed by atoms with Gasteiger partial charge in [0, 0.05) is 36.1 Å². The minimum atomic E-state index is -4.47. The lowest BCUT2D eigenvalue weighted by Gasteiger charge is -2.32. The lowest BCUT2D eigenvalue weighted by molar-refractivity contribution is -0.137. The van der Waals surface area contributed by atoms with Crippen LogP contribution in [0.2, 0.25) is 5.02 Å². The predicted molar refractivity (Wildman–Crippen MR) is 96.0 cm³/mol. The van der Waals surface area contributed by atoms with Gasteiger partial charge in [-0.05, 0) is 55.5 Å². The molecule has 1 aromatic carbocycles. The quantitative estimate of drug-likeness (QED) is 0.779. The van der Waals surface area contributed by atoms with Crippen molar-refractivity contribution < 1.29 is 22.8 Å². The van der Waals surface area contributed by atoms with Crippen LogP contribution in [0.3, 0.4) is 0 Å². The SMILES string of the molecule is O=C(/C=C/c1cc(C(F)(F)F)ccc1Cl)NC1CCN(C(=O)C2CC2)CC1. The Morgan fingerprint density at radius 2 is 1.81 bits per heavy atom. The molecule has 0 unspecified atom stereocenters. The second-order valence-electron chi connectivity index (χ2n) is 6.95. The number of nitrogens with zero attached hydrogens (tertiary/aromatic N) is 1. The molecule has 3 rings (SSSR count). The number of amides is 2. The molecular formula is C19H20ClF3N2O2. The van der Waals surface area contributed by atoms with Crippen molar-refractivity contribution in [1.29, 1.82) is 0 Å². The van der Waals surface area contributed by atoms with Gasteiger partial charge < -0.3 is 10.2 Å². The van der Waals surface area contributed by atoms with Crippen LogP contribution in [0.4, 0.5) is 13.2 Å². The van der Waals surface area contributed by atoms with Crippen molar-refractivity contribution in [2.45, 2.75) is 37.9 Å². The van der Waals surface area contributed by atoms with E-state index in [1.807, 2.05) is 4.90 Å². The maximum absolute atomic E-state index is 12.8. The molecule has 146 valence electrons. The number of piperidine rings is 1. The van der Waals surface area contributed by atoms with Gasteiger partial charge in [0.1, 0.15) is 0 Å². The van der Waals surface area contributed by atoms with Gasteiger partial charge in [-0.1, -0.05) is 11.6 Å². The first-order chi connectivity index (χ1) is 12.7. The first-order valence-corrected chi connectivity index (χ1v) is 9.26. The summed E-state index contributed by atoms with van der Waals surface area (Å²) in [6, 6.07) is 2.92. The van der Waals surface area contributed by atoms with Crippen molar-refractivity contribution in [2.75, 3.05) is 13.1 Å². The summed E-state index contributed by atoms with van der Waals surface area (Å²) in [5.41, 5.74) is -0.689. The van der Waals surface area contributed by atoms with Gasteiger partial charge in [-0.25, -0.2) is 0 Å². The van der Waals surface area contributed by atoms with E-state index in [2.05, 4.69) is 5.32 Å². The van der Waals surface area contributed by atoms with E-state index >= 15 is 0 Å². The average molecular weight is 401 g/mol. The molecule has 8 heteroatoms. The smallest absolute Gasteiger partial charge is 0.350 e. The van der Waals surface area contributed by atoms with Crippen molar-refractivity contribution in [2.24, 2.45) is 5.92 Å².